The zero-order chi connectivity index (χ0) is 12.3. The standard InChI is InChI=1S/C13H26N4.HI/c1-17(2)13(8-5-9-13)10-15-12(14)16-11-6-3-4-7-11;/h11H,3-10H2,1-2H3,(H3,14,15,16);1H. The molecule has 0 aliphatic heterocycles. The maximum absolute atomic E-state index is 5.96. The van der Waals surface area contributed by atoms with Crippen molar-refractivity contribution < 1.29 is 0 Å². The minimum absolute atomic E-state index is 0. The third-order valence-corrected chi connectivity index (χ3v) is 4.48. The molecule has 3 N–H and O–H groups in total. The highest BCUT2D eigenvalue weighted by Gasteiger charge is 2.38. The Morgan fingerprint density at radius 1 is 1.28 bits per heavy atom. The number of nitrogens with two attached hydrogens (primary N) is 1. The zero-order valence-electron chi connectivity index (χ0n) is 11.6. The minimum atomic E-state index is 0. The maximum Gasteiger partial charge on any atom is 0.188 e. The van der Waals surface area contributed by atoms with E-state index >= 15 is 0 Å². The lowest BCUT2D eigenvalue weighted by Gasteiger charge is -2.46. The van der Waals surface area contributed by atoms with E-state index < -0.39 is 0 Å². The van der Waals surface area contributed by atoms with Crippen molar-refractivity contribution >= 4 is 29.9 Å². The van der Waals surface area contributed by atoms with Gasteiger partial charge in [0.05, 0.1) is 6.54 Å². The normalized spacial score (nSPS) is 23.6. The van der Waals surface area contributed by atoms with Crippen LogP contribution in [-0.2, 0) is 0 Å². The van der Waals surface area contributed by atoms with Crippen LogP contribution in [0, 0.1) is 0 Å². The molecule has 2 fully saturated rings. The molecule has 2 aliphatic carbocycles. The van der Waals surface area contributed by atoms with Gasteiger partial charge in [0.25, 0.3) is 0 Å². The van der Waals surface area contributed by atoms with Gasteiger partial charge in [-0.2, -0.15) is 0 Å². The van der Waals surface area contributed by atoms with Crippen LogP contribution in [-0.4, -0.2) is 43.1 Å². The first-order valence-corrected chi connectivity index (χ1v) is 6.86. The molecule has 0 heterocycles. The monoisotopic (exact) mass is 366 g/mol. The van der Waals surface area contributed by atoms with E-state index in [0.717, 1.165) is 6.54 Å². The number of nitrogens with one attached hydrogen (secondary N) is 1. The number of halogens is 1. The van der Waals surface area contributed by atoms with Gasteiger partial charge in [0.2, 0.25) is 0 Å². The highest BCUT2D eigenvalue weighted by atomic mass is 127. The number of hydrogen-bond acceptors (Lipinski definition) is 2. The molecule has 0 radical (unpaired) electrons. The molecule has 0 aromatic rings. The van der Waals surface area contributed by atoms with E-state index in [1.165, 1.54) is 44.9 Å². The van der Waals surface area contributed by atoms with E-state index in [1.54, 1.807) is 0 Å². The molecule has 0 spiro atoms. The van der Waals surface area contributed by atoms with E-state index in [-0.39, 0.29) is 29.5 Å². The number of aliphatic imine (C=N–C) groups is 1. The van der Waals surface area contributed by atoms with Crippen molar-refractivity contribution in [1.29, 1.82) is 0 Å². The van der Waals surface area contributed by atoms with Gasteiger partial charge >= 0.3 is 0 Å². The molecular weight excluding hydrogens is 339 g/mol. The molecule has 106 valence electrons. The fraction of sp³-hybridized carbons (Fsp3) is 0.923. The number of hydrogen-bond donors (Lipinski definition) is 2. The van der Waals surface area contributed by atoms with Crippen LogP contribution in [0.15, 0.2) is 4.99 Å². The fourth-order valence-electron chi connectivity index (χ4n) is 2.89. The zero-order valence-corrected chi connectivity index (χ0v) is 13.9. The van der Waals surface area contributed by atoms with Gasteiger partial charge in [0.1, 0.15) is 0 Å². The molecule has 4 nitrogen and oxygen atoms in total. The van der Waals surface area contributed by atoms with Gasteiger partial charge in [-0.15, -0.1) is 24.0 Å². The molecule has 2 rings (SSSR count). The largest absolute Gasteiger partial charge is 0.370 e. The summed E-state index contributed by atoms with van der Waals surface area (Å²) in [5.74, 6) is 0.644. The van der Waals surface area contributed by atoms with Gasteiger partial charge < -0.3 is 16.0 Å². The Balaban J connectivity index is 0.00000162. The van der Waals surface area contributed by atoms with E-state index in [9.17, 15) is 0 Å². The first-order chi connectivity index (χ1) is 8.12. The first kappa shape index (κ1) is 16.0. The summed E-state index contributed by atoms with van der Waals surface area (Å²) in [5.41, 5.74) is 6.24. The van der Waals surface area contributed by atoms with Crippen LogP contribution < -0.4 is 11.1 Å². The molecule has 0 aromatic heterocycles. The summed E-state index contributed by atoms with van der Waals surface area (Å²) in [4.78, 5) is 6.85. The van der Waals surface area contributed by atoms with E-state index in [0.29, 0.717) is 12.0 Å². The molecule has 0 atom stereocenters. The van der Waals surface area contributed by atoms with Gasteiger partial charge in [-0.1, -0.05) is 12.8 Å². The van der Waals surface area contributed by atoms with Crippen molar-refractivity contribution in [1.82, 2.24) is 10.2 Å². The third-order valence-electron chi connectivity index (χ3n) is 4.48. The molecule has 0 saturated heterocycles. The van der Waals surface area contributed by atoms with E-state index in [4.69, 9.17) is 5.73 Å². The van der Waals surface area contributed by atoms with Crippen LogP contribution in [0.25, 0.3) is 0 Å². The predicted molar refractivity (Wildman–Crippen MR) is 87.6 cm³/mol. The molecule has 0 amide bonds. The number of guanidine groups is 1. The quantitative estimate of drug-likeness (QED) is 0.454. The Bertz CT molecular complexity index is 281. The molecule has 2 saturated carbocycles. The lowest BCUT2D eigenvalue weighted by atomic mass is 9.76. The first-order valence-electron chi connectivity index (χ1n) is 6.86. The number of rotatable bonds is 4. The number of nitrogens with zero attached hydrogens (tertiary/aromatic N) is 2. The topological polar surface area (TPSA) is 53.6 Å². The van der Waals surface area contributed by atoms with Crippen LogP contribution in [0.3, 0.4) is 0 Å². The minimum Gasteiger partial charge on any atom is -0.370 e. The van der Waals surface area contributed by atoms with Gasteiger partial charge in [-0.05, 0) is 46.2 Å². The molecule has 18 heavy (non-hydrogen) atoms. The van der Waals surface area contributed by atoms with Crippen LogP contribution in [0.1, 0.15) is 44.9 Å². The van der Waals surface area contributed by atoms with Crippen molar-refractivity contribution in [3.05, 3.63) is 0 Å². The van der Waals surface area contributed by atoms with Gasteiger partial charge in [-0.3, -0.25) is 4.99 Å². The number of likely N-dealkylation sites (N-methyl/N-ethyl adjacent to an activating group) is 1. The van der Waals surface area contributed by atoms with E-state index in [2.05, 4.69) is 29.3 Å². The fourth-order valence-corrected chi connectivity index (χ4v) is 2.89. The van der Waals surface area contributed by atoms with Crippen LogP contribution >= 0.6 is 24.0 Å². The molecule has 0 bridgehead atoms. The van der Waals surface area contributed by atoms with Crippen molar-refractivity contribution in [2.45, 2.75) is 56.5 Å². The van der Waals surface area contributed by atoms with Crippen LogP contribution in [0.5, 0.6) is 0 Å². The SMILES string of the molecule is CN(C)C1(CN=C(N)NC2CCCC2)CCC1.I. The van der Waals surface area contributed by atoms with E-state index in [1.807, 2.05) is 0 Å². The Kier molecular flexibility index (Phi) is 6.17. The van der Waals surface area contributed by atoms with Crippen molar-refractivity contribution in [3.8, 4) is 0 Å². The Morgan fingerprint density at radius 3 is 2.33 bits per heavy atom. The Morgan fingerprint density at radius 2 is 1.89 bits per heavy atom. The average molecular weight is 366 g/mol. The summed E-state index contributed by atoms with van der Waals surface area (Å²) in [6.07, 6.45) is 8.97. The molecule has 0 aromatic carbocycles. The lowest BCUT2D eigenvalue weighted by molar-refractivity contribution is 0.0699. The summed E-state index contributed by atoms with van der Waals surface area (Å²) >= 11 is 0. The van der Waals surface area contributed by atoms with Crippen molar-refractivity contribution in [2.24, 2.45) is 10.7 Å². The summed E-state index contributed by atoms with van der Waals surface area (Å²) in [6.45, 7) is 0.839. The Hall–Kier alpha value is -0.0400. The van der Waals surface area contributed by atoms with Gasteiger partial charge in [0, 0.05) is 11.6 Å². The second kappa shape index (κ2) is 6.93. The van der Waals surface area contributed by atoms with Gasteiger partial charge in [-0.25, -0.2) is 0 Å². The highest BCUT2D eigenvalue weighted by molar-refractivity contribution is 14.0. The molecule has 5 heteroatoms. The van der Waals surface area contributed by atoms with Crippen LogP contribution in [0.4, 0.5) is 0 Å². The molecule has 0 unspecified atom stereocenters. The summed E-state index contributed by atoms with van der Waals surface area (Å²) < 4.78 is 0. The average Bonchev–Trinajstić information content (AvgIpc) is 2.68. The molecule has 2 aliphatic rings. The summed E-state index contributed by atoms with van der Waals surface area (Å²) in [6, 6.07) is 0.565. The van der Waals surface area contributed by atoms with Crippen LogP contribution in [0.2, 0.25) is 0 Å². The second-order valence-corrected chi connectivity index (χ2v) is 5.80. The third kappa shape index (κ3) is 3.73. The van der Waals surface area contributed by atoms with Gasteiger partial charge in [0.15, 0.2) is 5.96 Å². The van der Waals surface area contributed by atoms with Crippen molar-refractivity contribution in [3.63, 3.8) is 0 Å². The second-order valence-electron chi connectivity index (χ2n) is 5.80. The molecular formula is C13H27IN4. The predicted octanol–water partition coefficient (Wildman–Crippen LogP) is 1.94. The summed E-state index contributed by atoms with van der Waals surface area (Å²) in [7, 11) is 4.30. The summed E-state index contributed by atoms with van der Waals surface area (Å²) in [5, 5.41) is 3.35. The van der Waals surface area contributed by atoms with Crippen molar-refractivity contribution in [2.75, 3.05) is 20.6 Å². The maximum atomic E-state index is 5.96. The Labute approximate surface area is 128 Å². The highest BCUT2D eigenvalue weighted by Crippen LogP contribution is 2.36. The lowest BCUT2D eigenvalue weighted by Crippen LogP contribution is -2.53. The smallest absolute Gasteiger partial charge is 0.188 e.